The van der Waals surface area contributed by atoms with E-state index in [1.54, 1.807) is 0 Å². The van der Waals surface area contributed by atoms with Crippen molar-refractivity contribution in [1.82, 2.24) is 0 Å². The van der Waals surface area contributed by atoms with Crippen molar-refractivity contribution >= 4 is 5.78 Å². The number of carbonyl (C=O) groups is 1. The zero-order chi connectivity index (χ0) is 10.8. The monoisotopic (exact) mass is 199 g/mol. The second kappa shape index (κ2) is 3.86. The Hall–Kier alpha value is -1.62. The summed E-state index contributed by atoms with van der Waals surface area (Å²) in [6.07, 6.45) is 1.92. The van der Waals surface area contributed by atoms with Gasteiger partial charge in [-0.3, -0.25) is 4.79 Å². The van der Waals surface area contributed by atoms with Gasteiger partial charge in [-0.2, -0.15) is 5.26 Å². The molecule has 0 N–H and O–H groups in total. The predicted octanol–water partition coefficient (Wildman–Crippen LogP) is 2.58. The van der Waals surface area contributed by atoms with E-state index >= 15 is 0 Å². The Morgan fingerprint density at radius 2 is 2.13 bits per heavy atom. The predicted molar refractivity (Wildman–Crippen MR) is 57.3 cm³/mol. The van der Waals surface area contributed by atoms with Crippen molar-refractivity contribution in [2.45, 2.75) is 25.7 Å². The van der Waals surface area contributed by atoms with E-state index in [9.17, 15) is 4.79 Å². The van der Waals surface area contributed by atoms with Crippen LogP contribution in [0.1, 0.15) is 29.9 Å². The van der Waals surface area contributed by atoms with E-state index in [2.05, 4.69) is 6.07 Å². The van der Waals surface area contributed by atoms with Crippen molar-refractivity contribution in [3.8, 4) is 6.07 Å². The minimum Gasteiger partial charge on any atom is -0.298 e. The van der Waals surface area contributed by atoms with Crippen LogP contribution in [0.25, 0.3) is 0 Å². The summed E-state index contributed by atoms with van der Waals surface area (Å²) in [6.45, 7) is 1.94. The van der Waals surface area contributed by atoms with E-state index in [1.165, 1.54) is 0 Å². The van der Waals surface area contributed by atoms with E-state index in [0.717, 1.165) is 24.0 Å². The third kappa shape index (κ3) is 1.92. The van der Waals surface area contributed by atoms with E-state index in [0.29, 0.717) is 0 Å². The topological polar surface area (TPSA) is 40.9 Å². The van der Waals surface area contributed by atoms with Gasteiger partial charge in [-0.25, -0.2) is 0 Å². The number of aryl methyl sites for hydroxylation is 1. The zero-order valence-electron chi connectivity index (χ0n) is 8.73. The molecule has 1 saturated carbocycles. The van der Waals surface area contributed by atoms with Gasteiger partial charge in [0.05, 0.1) is 6.07 Å². The molecule has 0 bridgehead atoms. The van der Waals surface area contributed by atoms with Crippen molar-refractivity contribution in [1.29, 1.82) is 5.26 Å². The number of hydrogen-bond acceptors (Lipinski definition) is 2. The first-order valence-corrected chi connectivity index (χ1v) is 5.23. The number of rotatable bonds is 3. The van der Waals surface area contributed by atoms with Gasteiger partial charge >= 0.3 is 0 Å². The molecule has 76 valence electrons. The molecule has 1 aliphatic carbocycles. The smallest absolute Gasteiger partial charge is 0.157 e. The summed E-state index contributed by atoms with van der Waals surface area (Å²) in [4.78, 5) is 11.9. The minimum absolute atomic E-state index is 0.104. The van der Waals surface area contributed by atoms with Crippen LogP contribution in [0.5, 0.6) is 0 Å². The number of carbonyl (C=O) groups excluding carboxylic acids is 1. The molecule has 0 aromatic heterocycles. The quantitative estimate of drug-likeness (QED) is 0.750. The lowest BCUT2D eigenvalue weighted by Crippen LogP contribution is -2.13. The normalized spacial score (nSPS) is 16.8. The summed E-state index contributed by atoms with van der Waals surface area (Å²) in [7, 11) is 0. The molecule has 1 atom stereocenters. The fourth-order valence-corrected chi connectivity index (χ4v) is 1.80. The number of nitrogens with zero attached hydrogens (tertiary/aromatic N) is 1. The standard InChI is InChI=1S/C13H13NO/c1-9-4-2-3-5-11(9)12(8-14)13(15)10-6-7-10/h2-5,10,12H,6-7H2,1H3. The van der Waals surface area contributed by atoms with Gasteiger partial charge in [0.15, 0.2) is 5.78 Å². The van der Waals surface area contributed by atoms with Crippen LogP contribution < -0.4 is 0 Å². The van der Waals surface area contributed by atoms with Crippen LogP contribution in [0.3, 0.4) is 0 Å². The number of nitriles is 1. The Bertz CT molecular complexity index is 426. The van der Waals surface area contributed by atoms with E-state index in [-0.39, 0.29) is 11.7 Å². The van der Waals surface area contributed by atoms with E-state index in [4.69, 9.17) is 5.26 Å². The number of hydrogen-bond donors (Lipinski definition) is 0. The summed E-state index contributed by atoms with van der Waals surface area (Å²) in [6, 6.07) is 9.76. The highest BCUT2D eigenvalue weighted by atomic mass is 16.1. The van der Waals surface area contributed by atoms with E-state index in [1.807, 2.05) is 31.2 Å². The number of benzene rings is 1. The zero-order valence-corrected chi connectivity index (χ0v) is 8.73. The molecule has 15 heavy (non-hydrogen) atoms. The molecular weight excluding hydrogens is 186 g/mol. The molecule has 0 amide bonds. The Morgan fingerprint density at radius 3 is 2.67 bits per heavy atom. The Labute approximate surface area is 89.5 Å². The summed E-state index contributed by atoms with van der Waals surface area (Å²) in [5, 5.41) is 9.08. The molecule has 1 fully saturated rings. The Morgan fingerprint density at radius 1 is 1.47 bits per heavy atom. The maximum absolute atomic E-state index is 11.9. The molecule has 2 nitrogen and oxygen atoms in total. The minimum atomic E-state index is -0.557. The maximum Gasteiger partial charge on any atom is 0.157 e. The highest BCUT2D eigenvalue weighted by Gasteiger charge is 2.35. The molecule has 1 aromatic carbocycles. The van der Waals surface area contributed by atoms with Crippen LogP contribution in [-0.2, 0) is 4.79 Å². The number of Topliss-reactive ketones (excluding diaryl/α,β-unsaturated/α-hetero) is 1. The molecule has 1 unspecified atom stereocenters. The Kier molecular flexibility index (Phi) is 2.55. The van der Waals surface area contributed by atoms with Crippen molar-refractivity contribution in [2.75, 3.05) is 0 Å². The fourth-order valence-electron chi connectivity index (χ4n) is 1.80. The lowest BCUT2D eigenvalue weighted by Gasteiger charge is -2.10. The van der Waals surface area contributed by atoms with Gasteiger partial charge in [-0.1, -0.05) is 24.3 Å². The van der Waals surface area contributed by atoms with Crippen molar-refractivity contribution in [2.24, 2.45) is 5.92 Å². The van der Waals surface area contributed by atoms with Crippen LogP contribution in [-0.4, -0.2) is 5.78 Å². The molecule has 0 spiro atoms. The lowest BCUT2D eigenvalue weighted by molar-refractivity contribution is -0.120. The van der Waals surface area contributed by atoms with Crippen molar-refractivity contribution in [3.63, 3.8) is 0 Å². The van der Waals surface area contributed by atoms with Crippen LogP contribution in [0.2, 0.25) is 0 Å². The largest absolute Gasteiger partial charge is 0.298 e. The number of ketones is 1. The van der Waals surface area contributed by atoms with Crippen LogP contribution in [0.15, 0.2) is 24.3 Å². The highest BCUT2D eigenvalue weighted by Crippen LogP contribution is 2.35. The molecule has 1 aromatic rings. The van der Waals surface area contributed by atoms with Crippen molar-refractivity contribution in [3.05, 3.63) is 35.4 Å². The van der Waals surface area contributed by atoms with Gasteiger partial charge < -0.3 is 0 Å². The van der Waals surface area contributed by atoms with Gasteiger partial charge in [0.25, 0.3) is 0 Å². The molecule has 1 aliphatic rings. The SMILES string of the molecule is Cc1ccccc1C(C#N)C(=O)C1CC1. The molecule has 0 saturated heterocycles. The van der Waals surface area contributed by atoms with Gasteiger partial charge in [0.1, 0.15) is 5.92 Å². The first kappa shape index (κ1) is 9.92. The second-order valence-corrected chi connectivity index (χ2v) is 4.10. The lowest BCUT2D eigenvalue weighted by atomic mass is 9.90. The third-order valence-electron chi connectivity index (χ3n) is 2.89. The molecule has 0 aliphatic heterocycles. The molecule has 0 radical (unpaired) electrons. The Balaban J connectivity index is 2.31. The van der Waals surface area contributed by atoms with Crippen molar-refractivity contribution < 1.29 is 4.79 Å². The first-order valence-electron chi connectivity index (χ1n) is 5.23. The van der Waals surface area contributed by atoms with Gasteiger partial charge in [0.2, 0.25) is 0 Å². The fraction of sp³-hybridized carbons (Fsp3) is 0.385. The summed E-state index contributed by atoms with van der Waals surface area (Å²) in [5.41, 5.74) is 1.90. The summed E-state index contributed by atoms with van der Waals surface area (Å²) in [5.74, 6) is -0.306. The first-order chi connectivity index (χ1) is 7.24. The second-order valence-electron chi connectivity index (χ2n) is 4.10. The summed E-state index contributed by atoms with van der Waals surface area (Å²) >= 11 is 0. The van der Waals surface area contributed by atoms with Gasteiger partial charge in [0, 0.05) is 5.92 Å². The average Bonchev–Trinajstić information content (AvgIpc) is 3.05. The van der Waals surface area contributed by atoms with Gasteiger partial charge in [-0.15, -0.1) is 0 Å². The van der Waals surface area contributed by atoms with Crippen LogP contribution in [0, 0.1) is 24.2 Å². The molecule has 0 heterocycles. The maximum atomic E-state index is 11.9. The highest BCUT2D eigenvalue weighted by molar-refractivity contribution is 5.92. The summed E-state index contributed by atoms with van der Waals surface area (Å²) < 4.78 is 0. The van der Waals surface area contributed by atoms with Crippen LogP contribution in [0.4, 0.5) is 0 Å². The average molecular weight is 199 g/mol. The third-order valence-corrected chi connectivity index (χ3v) is 2.89. The molecular formula is C13H13NO. The molecule has 2 heteroatoms. The van der Waals surface area contributed by atoms with Crippen LogP contribution >= 0.6 is 0 Å². The molecule has 2 rings (SSSR count). The van der Waals surface area contributed by atoms with E-state index < -0.39 is 5.92 Å². The van der Waals surface area contributed by atoms with Gasteiger partial charge in [-0.05, 0) is 30.9 Å².